The van der Waals surface area contributed by atoms with E-state index in [2.05, 4.69) is 44.2 Å². The molecular weight excluding hydrogens is 471 g/mol. The predicted octanol–water partition coefficient (Wildman–Crippen LogP) is 2.98. The van der Waals surface area contributed by atoms with Crippen molar-refractivity contribution in [1.82, 2.24) is 20.2 Å². The molecule has 2 atom stereocenters. The lowest BCUT2D eigenvalue weighted by atomic mass is 9.92. The number of benzene rings is 2. The summed E-state index contributed by atoms with van der Waals surface area (Å²) in [4.78, 5) is 20.6. The molecule has 1 aliphatic heterocycles. The summed E-state index contributed by atoms with van der Waals surface area (Å²) >= 11 is 0. The number of halogens is 1. The highest BCUT2D eigenvalue weighted by Gasteiger charge is 2.25. The molecule has 0 bridgehead atoms. The fourth-order valence-electron chi connectivity index (χ4n) is 4.25. The Morgan fingerprint density at radius 1 is 1.16 bits per heavy atom. The zero-order chi connectivity index (χ0) is 26.2. The molecule has 1 aromatic heterocycles. The highest BCUT2D eigenvalue weighted by molar-refractivity contribution is 5.44. The number of hydrogen-bond acceptors (Lipinski definition) is 6. The fraction of sp³-hybridized carbons (Fsp3) is 0.379. The van der Waals surface area contributed by atoms with Gasteiger partial charge in [-0.1, -0.05) is 36.1 Å². The molecule has 194 valence electrons. The number of aromatic nitrogens is 2. The second-order valence-electron chi connectivity index (χ2n) is 9.51. The Kier molecular flexibility index (Phi) is 9.07. The first kappa shape index (κ1) is 26.6. The van der Waals surface area contributed by atoms with E-state index < -0.39 is 12.2 Å². The number of aromatic hydroxyl groups is 1. The van der Waals surface area contributed by atoms with E-state index in [0.717, 1.165) is 36.3 Å². The Hall–Kier alpha value is -3.51. The van der Waals surface area contributed by atoms with Gasteiger partial charge in [-0.3, -0.25) is 9.69 Å². The van der Waals surface area contributed by atoms with Crippen molar-refractivity contribution in [3.8, 4) is 17.6 Å². The molecule has 0 spiro atoms. The van der Waals surface area contributed by atoms with Crippen LogP contribution in [0.2, 0.25) is 0 Å². The van der Waals surface area contributed by atoms with Crippen LogP contribution in [0.25, 0.3) is 0 Å². The van der Waals surface area contributed by atoms with Crippen molar-refractivity contribution in [2.75, 3.05) is 33.4 Å². The Morgan fingerprint density at radius 3 is 2.43 bits per heavy atom. The number of nitrogens with one attached hydrogen (secondary N) is 2. The van der Waals surface area contributed by atoms with Crippen molar-refractivity contribution in [1.29, 1.82) is 0 Å². The molecule has 0 saturated carbocycles. The van der Waals surface area contributed by atoms with E-state index in [-0.39, 0.29) is 17.7 Å². The van der Waals surface area contributed by atoms with Gasteiger partial charge in [0.25, 0.3) is 5.56 Å². The number of rotatable bonds is 10. The van der Waals surface area contributed by atoms with Crippen molar-refractivity contribution in [2.24, 2.45) is 0 Å². The van der Waals surface area contributed by atoms with Crippen LogP contribution in [-0.4, -0.2) is 65.5 Å². The van der Waals surface area contributed by atoms with Gasteiger partial charge in [0.15, 0.2) is 0 Å². The number of methoxy groups -OCH3 is 1. The average molecular weight is 505 g/mol. The minimum Gasteiger partial charge on any atom is -0.502 e. The molecule has 8 heteroatoms. The molecule has 1 fully saturated rings. The van der Waals surface area contributed by atoms with Gasteiger partial charge in [-0.25, -0.2) is 9.37 Å². The van der Waals surface area contributed by atoms with Gasteiger partial charge in [-0.15, -0.1) is 0 Å². The molecule has 0 unspecified atom stereocenters. The Bertz CT molecular complexity index is 1280. The summed E-state index contributed by atoms with van der Waals surface area (Å²) in [6.45, 7) is 4.62. The van der Waals surface area contributed by atoms with Crippen LogP contribution in [0, 0.1) is 11.8 Å². The topological polar surface area (TPSA) is 90.5 Å². The highest BCUT2D eigenvalue weighted by atomic mass is 19.1. The average Bonchev–Trinajstić information content (AvgIpc) is 2.90. The number of H-pyrrole nitrogens is 1. The Labute approximate surface area is 216 Å². The number of alkyl halides is 1. The largest absolute Gasteiger partial charge is 0.502 e. The van der Waals surface area contributed by atoms with Crippen LogP contribution in [0.4, 0.5) is 4.39 Å². The molecule has 0 radical (unpaired) electrons. The van der Waals surface area contributed by atoms with E-state index in [1.54, 1.807) is 14.0 Å². The number of hydrogen-bond donors (Lipinski definition) is 3. The fourth-order valence-corrected chi connectivity index (χ4v) is 4.25. The highest BCUT2D eigenvalue weighted by Crippen LogP contribution is 2.23. The van der Waals surface area contributed by atoms with E-state index in [0.29, 0.717) is 24.8 Å². The van der Waals surface area contributed by atoms with Crippen LogP contribution in [0.15, 0.2) is 59.7 Å². The van der Waals surface area contributed by atoms with Crippen molar-refractivity contribution >= 4 is 0 Å². The molecule has 0 amide bonds. The normalized spacial score (nSPS) is 15.4. The van der Waals surface area contributed by atoms with Gasteiger partial charge in [0.1, 0.15) is 6.67 Å². The Morgan fingerprint density at radius 2 is 1.81 bits per heavy atom. The van der Waals surface area contributed by atoms with Crippen LogP contribution in [-0.2, 0) is 17.7 Å². The van der Waals surface area contributed by atoms with Gasteiger partial charge in [0.05, 0.1) is 18.1 Å². The van der Waals surface area contributed by atoms with Crippen molar-refractivity contribution in [3.05, 3.63) is 93.2 Å². The maximum atomic E-state index is 13.0. The molecule has 1 saturated heterocycles. The third-order valence-corrected chi connectivity index (χ3v) is 6.64. The summed E-state index contributed by atoms with van der Waals surface area (Å²) in [6.07, 6.45) is 1.97. The summed E-state index contributed by atoms with van der Waals surface area (Å²) in [6, 6.07) is 15.9. The van der Waals surface area contributed by atoms with Crippen molar-refractivity contribution < 1.29 is 14.2 Å². The Balaban J connectivity index is 1.42. The number of nitrogens with zero attached hydrogens (tertiary/aromatic N) is 2. The first-order valence-electron chi connectivity index (χ1n) is 12.5. The molecule has 4 rings (SSSR count). The first-order valence-corrected chi connectivity index (χ1v) is 12.5. The number of aromatic amines is 1. The second-order valence-corrected chi connectivity index (χ2v) is 9.51. The van der Waals surface area contributed by atoms with Crippen LogP contribution >= 0.6 is 0 Å². The molecular formula is C29H33FN4O3. The first-order chi connectivity index (χ1) is 17.9. The molecule has 0 aliphatic carbocycles. The summed E-state index contributed by atoms with van der Waals surface area (Å²) < 4.78 is 18.3. The zero-order valence-corrected chi connectivity index (χ0v) is 21.2. The smallest absolute Gasteiger partial charge is 0.293 e. The van der Waals surface area contributed by atoms with Crippen LogP contribution in [0.3, 0.4) is 0 Å². The van der Waals surface area contributed by atoms with Gasteiger partial charge in [-0.05, 0) is 42.3 Å². The zero-order valence-electron chi connectivity index (χ0n) is 21.2. The van der Waals surface area contributed by atoms with Gasteiger partial charge < -0.3 is 20.1 Å². The second kappa shape index (κ2) is 12.6. The van der Waals surface area contributed by atoms with Gasteiger partial charge in [0, 0.05) is 62.8 Å². The molecule has 3 aromatic rings. The third-order valence-electron chi connectivity index (χ3n) is 6.64. The standard InChI is InChI=1S/C29H33FN4O3/c1-20(14-30)31-15-25(13-27-28(35)29(36)33-19-32-27)24-11-9-22(10-12-24)4-3-21-5-7-23(8-6-21)16-34-17-26(18-34)37-2/h5-12,19-20,25-26,31,35H,13-18H2,1-2H3,(H,32,33,36)/t20-,25+/m1/s1. The number of likely N-dealkylation sites (tertiary alicyclic amines) is 1. The number of ether oxygens (including phenoxy) is 1. The summed E-state index contributed by atoms with van der Waals surface area (Å²) in [5.41, 5.74) is 3.80. The van der Waals surface area contributed by atoms with E-state index in [1.165, 1.54) is 11.9 Å². The summed E-state index contributed by atoms with van der Waals surface area (Å²) in [7, 11) is 1.76. The van der Waals surface area contributed by atoms with Crippen LogP contribution < -0.4 is 10.9 Å². The van der Waals surface area contributed by atoms with Crippen molar-refractivity contribution in [3.63, 3.8) is 0 Å². The molecule has 7 nitrogen and oxygen atoms in total. The summed E-state index contributed by atoms with van der Waals surface area (Å²) in [5, 5.41) is 13.3. The van der Waals surface area contributed by atoms with Crippen molar-refractivity contribution in [2.45, 2.75) is 38.0 Å². The lowest BCUT2D eigenvalue weighted by Crippen LogP contribution is -2.50. The third kappa shape index (κ3) is 7.26. The minimum atomic E-state index is -0.576. The monoisotopic (exact) mass is 504 g/mol. The quantitative estimate of drug-likeness (QED) is 0.368. The van der Waals surface area contributed by atoms with Gasteiger partial charge in [0.2, 0.25) is 5.75 Å². The van der Waals surface area contributed by atoms with Gasteiger partial charge in [-0.2, -0.15) is 0 Å². The van der Waals surface area contributed by atoms with E-state index in [4.69, 9.17) is 4.74 Å². The minimum absolute atomic E-state index is 0.116. The molecule has 2 aromatic carbocycles. The van der Waals surface area contributed by atoms with E-state index in [1.807, 2.05) is 36.4 Å². The van der Waals surface area contributed by atoms with Crippen LogP contribution in [0.1, 0.15) is 40.8 Å². The molecule has 2 heterocycles. The molecule has 3 N–H and O–H groups in total. The maximum Gasteiger partial charge on any atom is 0.293 e. The van der Waals surface area contributed by atoms with E-state index in [9.17, 15) is 14.3 Å². The lowest BCUT2D eigenvalue weighted by molar-refractivity contribution is -0.0333. The van der Waals surface area contributed by atoms with E-state index >= 15 is 0 Å². The lowest BCUT2D eigenvalue weighted by Gasteiger charge is -2.38. The molecule has 1 aliphatic rings. The summed E-state index contributed by atoms with van der Waals surface area (Å²) in [5.74, 6) is 5.92. The molecule has 37 heavy (non-hydrogen) atoms. The SMILES string of the molecule is COC1CN(Cc2ccc(C#Cc3ccc([C@H](CN[C@H](C)CF)Cc4nc[nH]c(=O)c4O)cc3)cc2)C1. The maximum absolute atomic E-state index is 13.0. The van der Waals surface area contributed by atoms with Gasteiger partial charge >= 0.3 is 0 Å². The van der Waals surface area contributed by atoms with Crippen LogP contribution in [0.5, 0.6) is 5.75 Å². The predicted molar refractivity (Wildman–Crippen MR) is 141 cm³/mol.